The summed E-state index contributed by atoms with van der Waals surface area (Å²) in [6.07, 6.45) is 0.781. The van der Waals surface area contributed by atoms with E-state index in [9.17, 15) is 0 Å². The third kappa shape index (κ3) is 3.60. The minimum atomic E-state index is -3.28. The Morgan fingerprint density at radius 3 is 1.17 bits per heavy atom. The van der Waals surface area contributed by atoms with E-state index in [0.29, 0.717) is 0 Å². The molecule has 2 heteroatoms. The Balaban J connectivity index is 2.10. The van der Waals surface area contributed by atoms with Crippen LogP contribution in [-0.4, -0.2) is 0 Å². The molecule has 0 saturated carbocycles. The van der Waals surface area contributed by atoms with Gasteiger partial charge in [-0.3, -0.25) is 0 Å². The molecular weight excluding hydrogens is 403 g/mol. The van der Waals surface area contributed by atoms with Gasteiger partial charge in [0.2, 0.25) is 0 Å². The average Bonchev–Trinajstić information content (AvgIpc) is 2.76. The fourth-order valence-corrected chi connectivity index (χ4v) is 10.3. The quantitative estimate of drug-likeness (QED) is 0.305. The third-order valence-corrected chi connectivity index (χ3v) is 13.2. The Morgan fingerprint density at radius 2 is 0.833 bits per heavy atom. The molecule has 0 aliphatic heterocycles. The fourth-order valence-electron chi connectivity index (χ4n) is 4.21. The maximum atomic E-state index is 8.20. The zero-order valence-corrected chi connectivity index (χ0v) is 19.5. The molecule has 0 aliphatic carbocycles. The first-order valence-corrected chi connectivity index (χ1v) is 13.7. The number of aryl methyl sites for hydroxylation is 3. The molecule has 0 fully saturated rings. The summed E-state index contributed by atoms with van der Waals surface area (Å²) in [5.74, 6) is -3.28. The van der Waals surface area contributed by atoms with Crippen LogP contribution in [0.5, 0.6) is 0 Å². The predicted octanol–water partition coefficient (Wildman–Crippen LogP) is 6.80. The van der Waals surface area contributed by atoms with Gasteiger partial charge >= 0.3 is 185 Å². The van der Waals surface area contributed by atoms with Crippen LogP contribution in [0.15, 0.2) is 103 Å². The van der Waals surface area contributed by atoms with Gasteiger partial charge in [0.25, 0.3) is 0 Å². The zero-order chi connectivity index (χ0) is 21.2. The van der Waals surface area contributed by atoms with E-state index in [1.807, 2.05) is 0 Å². The predicted molar refractivity (Wildman–Crippen MR) is 135 cm³/mol. The Hall–Kier alpha value is -2.40. The summed E-state index contributed by atoms with van der Waals surface area (Å²) in [6, 6.07) is 37.2. The van der Waals surface area contributed by atoms with Crippen molar-refractivity contribution in [2.75, 3.05) is 0 Å². The molecule has 0 radical (unpaired) electrons. The van der Waals surface area contributed by atoms with Crippen molar-refractivity contribution in [2.24, 2.45) is 0 Å². The van der Waals surface area contributed by atoms with Gasteiger partial charge in [-0.15, -0.1) is 0 Å². The summed E-state index contributed by atoms with van der Waals surface area (Å²) in [4.78, 5) is 0. The van der Waals surface area contributed by atoms with Gasteiger partial charge in [-0.1, -0.05) is 0 Å². The van der Waals surface area contributed by atoms with E-state index in [1.165, 1.54) is 38.2 Å². The SMILES string of the molecule is Cc1ccc(P(Cl)(Cc2ccccc2)(c2ccc(C)cc2)c2ccc(C)cc2)cc1. The Labute approximate surface area is 185 Å². The molecule has 0 amide bonds. The topological polar surface area (TPSA) is 0 Å². The molecule has 30 heavy (non-hydrogen) atoms. The van der Waals surface area contributed by atoms with Gasteiger partial charge in [-0.05, 0) is 0 Å². The van der Waals surface area contributed by atoms with Crippen LogP contribution in [0.25, 0.3) is 0 Å². The molecule has 0 N–H and O–H groups in total. The van der Waals surface area contributed by atoms with Gasteiger partial charge in [-0.25, -0.2) is 0 Å². The van der Waals surface area contributed by atoms with Crippen LogP contribution in [0.2, 0.25) is 0 Å². The first kappa shape index (κ1) is 20.9. The molecule has 4 aromatic rings. The molecule has 0 bridgehead atoms. The van der Waals surface area contributed by atoms with Crippen molar-refractivity contribution in [2.45, 2.75) is 26.9 Å². The standard InChI is InChI=1S/C28H28ClP/c1-22-9-15-26(16-10-22)30(29,21-25-7-5-4-6-8-25,27-17-11-23(2)12-18-27)28-19-13-24(3)14-20-28/h4-20H,21H2,1-3H3. The summed E-state index contributed by atoms with van der Waals surface area (Å²) in [6.45, 7) is 6.38. The van der Waals surface area contributed by atoms with Crippen LogP contribution in [0, 0.1) is 20.8 Å². The molecule has 0 aliphatic rings. The normalized spacial score (nSPS) is 12.9. The summed E-state index contributed by atoms with van der Waals surface area (Å²) < 4.78 is 0. The van der Waals surface area contributed by atoms with Crippen molar-refractivity contribution in [1.29, 1.82) is 0 Å². The van der Waals surface area contributed by atoms with E-state index in [0.717, 1.165) is 6.16 Å². The number of hydrogen-bond donors (Lipinski definition) is 0. The van der Waals surface area contributed by atoms with Gasteiger partial charge < -0.3 is 0 Å². The van der Waals surface area contributed by atoms with E-state index in [2.05, 4.69) is 124 Å². The van der Waals surface area contributed by atoms with Crippen molar-refractivity contribution < 1.29 is 0 Å². The number of benzene rings is 4. The van der Waals surface area contributed by atoms with Crippen molar-refractivity contribution in [3.63, 3.8) is 0 Å². The number of halogens is 1. The number of hydrogen-bond acceptors (Lipinski definition) is 0. The Kier molecular flexibility index (Phi) is 5.58. The van der Waals surface area contributed by atoms with E-state index in [1.54, 1.807) is 0 Å². The molecule has 0 nitrogen and oxygen atoms in total. The van der Waals surface area contributed by atoms with Gasteiger partial charge in [0, 0.05) is 0 Å². The van der Waals surface area contributed by atoms with E-state index in [-0.39, 0.29) is 0 Å². The van der Waals surface area contributed by atoms with Gasteiger partial charge in [-0.2, -0.15) is 0 Å². The van der Waals surface area contributed by atoms with Crippen LogP contribution < -0.4 is 15.9 Å². The van der Waals surface area contributed by atoms with Gasteiger partial charge in [0.1, 0.15) is 0 Å². The summed E-state index contributed by atoms with van der Waals surface area (Å²) in [5, 5.41) is 3.64. The first-order valence-electron chi connectivity index (χ1n) is 10.4. The van der Waals surface area contributed by atoms with Gasteiger partial charge in [0.15, 0.2) is 0 Å². The van der Waals surface area contributed by atoms with Crippen LogP contribution in [0.1, 0.15) is 22.3 Å². The maximum absolute atomic E-state index is 8.20. The molecule has 0 spiro atoms. The molecule has 0 aromatic heterocycles. The van der Waals surface area contributed by atoms with Crippen molar-refractivity contribution in [1.82, 2.24) is 0 Å². The first-order chi connectivity index (χ1) is 14.4. The molecule has 4 rings (SSSR count). The molecule has 0 atom stereocenters. The van der Waals surface area contributed by atoms with Crippen molar-refractivity contribution >= 4 is 33.1 Å². The van der Waals surface area contributed by atoms with Crippen LogP contribution in [0.4, 0.5) is 0 Å². The van der Waals surface area contributed by atoms with Crippen molar-refractivity contribution in [3.05, 3.63) is 125 Å². The van der Waals surface area contributed by atoms with Gasteiger partial charge in [0.05, 0.1) is 0 Å². The van der Waals surface area contributed by atoms with Crippen LogP contribution in [-0.2, 0) is 6.16 Å². The molecule has 0 saturated heterocycles. The number of rotatable bonds is 5. The summed E-state index contributed by atoms with van der Waals surface area (Å²) in [5.41, 5.74) is 4.99. The second-order valence-corrected chi connectivity index (χ2v) is 14.8. The average molecular weight is 431 g/mol. The molecule has 4 aromatic carbocycles. The fraction of sp³-hybridized carbons (Fsp3) is 0.143. The molecule has 152 valence electrons. The van der Waals surface area contributed by atoms with Crippen LogP contribution >= 0.6 is 17.2 Å². The van der Waals surface area contributed by atoms with E-state index < -0.39 is 5.96 Å². The minimum absolute atomic E-state index is 0.781. The molecule has 0 unspecified atom stereocenters. The van der Waals surface area contributed by atoms with Crippen LogP contribution in [0.3, 0.4) is 0 Å². The second kappa shape index (κ2) is 8.03. The second-order valence-electron chi connectivity index (χ2n) is 8.33. The summed E-state index contributed by atoms with van der Waals surface area (Å²) in [7, 11) is 0. The Morgan fingerprint density at radius 1 is 0.500 bits per heavy atom. The third-order valence-electron chi connectivity index (χ3n) is 6.04. The monoisotopic (exact) mass is 430 g/mol. The molecular formula is C28H28ClP. The van der Waals surface area contributed by atoms with E-state index >= 15 is 0 Å². The molecule has 0 heterocycles. The summed E-state index contributed by atoms with van der Waals surface area (Å²) >= 11 is 8.20. The Bertz CT molecular complexity index is 1010. The van der Waals surface area contributed by atoms with E-state index in [4.69, 9.17) is 11.2 Å². The zero-order valence-electron chi connectivity index (χ0n) is 17.8. The van der Waals surface area contributed by atoms with Crippen molar-refractivity contribution in [3.8, 4) is 0 Å².